The predicted molar refractivity (Wildman–Crippen MR) is 97.8 cm³/mol. The maximum atomic E-state index is 5.27. The standard InChI is InChI=1S/C19H21N3OS/c1-13(15-3-5-18-17(11-15)20-12-24-18)22-9-7-14-4-6-19(23-2)21-16(14)8-10-22/h3-6,11-13H,7-10H2,1-2H3/t13-/m0/s1. The van der Waals surface area contributed by atoms with E-state index in [1.165, 1.54) is 21.5 Å². The van der Waals surface area contributed by atoms with E-state index in [2.05, 4.69) is 46.1 Å². The van der Waals surface area contributed by atoms with Crippen molar-refractivity contribution in [1.82, 2.24) is 14.9 Å². The van der Waals surface area contributed by atoms with Crippen LogP contribution in [0.4, 0.5) is 0 Å². The Morgan fingerprint density at radius 2 is 2.04 bits per heavy atom. The lowest BCUT2D eigenvalue weighted by atomic mass is 10.1. The van der Waals surface area contributed by atoms with Crippen molar-refractivity contribution in [3.63, 3.8) is 0 Å². The van der Waals surface area contributed by atoms with Crippen molar-refractivity contribution < 1.29 is 4.74 Å². The monoisotopic (exact) mass is 339 g/mol. The zero-order valence-electron chi connectivity index (χ0n) is 14.0. The Morgan fingerprint density at radius 3 is 2.92 bits per heavy atom. The van der Waals surface area contributed by atoms with Gasteiger partial charge in [-0.15, -0.1) is 11.3 Å². The van der Waals surface area contributed by atoms with Crippen LogP contribution in [-0.4, -0.2) is 35.1 Å². The van der Waals surface area contributed by atoms with Gasteiger partial charge in [0.2, 0.25) is 5.88 Å². The summed E-state index contributed by atoms with van der Waals surface area (Å²) in [4.78, 5) is 11.6. The van der Waals surface area contributed by atoms with Crippen LogP contribution in [-0.2, 0) is 12.8 Å². The fourth-order valence-electron chi connectivity index (χ4n) is 3.43. The van der Waals surface area contributed by atoms with Gasteiger partial charge in [-0.1, -0.05) is 12.1 Å². The lowest BCUT2D eigenvalue weighted by Crippen LogP contribution is -2.29. The molecule has 1 aliphatic heterocycles. The van der Waals surface area contributed by atoms with Crippen LogP contribution in [0.3, 0.4) is 0 Å². The summed E-state index contributed by atoms with van der Waals surface area (Å²) in [5.74, 6) is 0.712. The van der Waals surface area contributed by atoms with Gasteiger partial charge in [-0.3, -0.25) is 4.90 Å². The first-order valence-electron chi connectivity index (χ1n) is 8.34. The van der Waals surface area contributed by atoms with Gasteiger partial charge in [-0.05, 0) is 36.6 Å². The van der Waals surface area contributed by atoms with E-state index in [-0.39, 0.29) is 0 Å². The van der Waals surface area contributed by atoms with E-state index in [0.29, 0.717) is 11.9 Å². The summed E-state index contributed by atoms with van der Waals surface area (Å²) < 4.78 is 6.52. The molecule has 0 fully saturated rings. The molecule has 0 radical (unpaired) electrons. The SMILES string of the molecule is COc1ccc2c(n1)CCN([C@@H](C)c1ccc3scnc3c1)CC2. The van der Waals surface area contributed by atoms with Crippen LogP contribution in [0.15, 0.2) is 35.8 Å². The molecule has 0 aliphatic carbocycles. The van der Waals surface area contributed by atoms with E-state index >= 15 is 0 Å². The second-order valence-electron chi connectivity index (χ2n) is 6.25. The van der Waals surface area contributed by atoms with E-state index in [9.17, 15) is 0 Å². The highest BCUT2D eigenvalue weighted by atomic mass is 32.1. The molecular formula is C19H21N3OS. The molecule has 4 nitrogen and oxygen atoms in total. The van der Waals surface area contributed by atoms with Gasteiger partial charge in [-0.25, -0.2) is 9.97 Å². The molecule has 3 aromatic rings. The number of aromatic nitrogens is 2. The number of pyridine rings is 1. The van der Waals surface area contributed by atoms with Crippen LogP contribution in [0.2, 0.25) is 0 Å². The van der Waals surface area contributed by atoms with E-state index in [4.69, 9.17) is 4.74 Å². The average Bonchev–Trinajstić information content (AvgIpc) is 2.99. The quantitative estimate of drug-likeness (QED) is 0.726. The second kappa shape index (κ2) is 6.49. The van der Waals surface area contributed by atoms with E-state index < -0.39 is 0 Å². The number of hydrogen-bond acceptors (Lipinski definition) is 5. The van der Waals surface area contributed by atoms with Crippen molar-refractivity contribution >= 4 is 21.6 Å². The lowest BCUT2D eigenvalue weighted by Gasteiger charge is -2.27. The van der Waals surface area contributed by atoms with Crippen LogP contribution < -0.4 is 4.74 Å². The summed E-state index contributed by atoms with van der Waals surface area (Å²) >= 11 is 1.70. The highest BCUT2D eigenvalue weighted by Crippen LogP contribution is 2.28. The van der Waals surface area contributed by atoms with Gasteiger partial charge in [0.05, 0.1) is 22.8 Å². The molecule has 1 aromatic carbocycles. The van der Waals surface area contributed by atoms with Gasteiger partial charge in [0.25, 0.3) is 0 Å². The van der Waals surface area contributed by atoms with Crippen LogP contribution in [0.1, 0.15) is 29.8 Å². The predicted octanol–water partition coefficient (Wildman–Crippen LogP) is 3.86. The van der Waals surface area contributed by atoms with Gasteiger partial charge >= 0.3 is 0 Å². The second-order valence-corrected chi connectivity index (χ2v) is 7.14. The number of fused-ring (bicyclic) bond motifs is 2. The highest BCUT2D eigenvalue weighted by molar-refractivity contribution is 7.16. The smallest absolute Gasteiger partial charge is 0.213 e. The van der Waals surface area contributed by atoms with Gasteiger partial charge in [0.15, 0.2) is 0 Å². The minimum Gasteiger partial charge on any atom is -0.481 e. The number of hydrogen-bond donors (Lipinski definition) is 0. The number of nitrogens with zero attached hydrogens (tertiary/aromatic N) is 3. The molecule has 24 heavy (non-hydrogen) atoms. The van der Waals surface area contributed by atoms with E-state index in [1.807, 2.05) is 11.6 Å². The Hall–Kier alpha value is -1.98. The van der Waals surface area contributed by atoms with Gasteiger partial charge < -0.3 is 4.74 Å². The van der Waals surface area contributed by atoms with E-state index in [0.717, 1.165) is 31.4 Å². The molecule has 0 spiro atoms. The Balaban J connectivity index is 1.54. The van der Waals surface area contributed by atoms with Crippen molar-refractivity contribution in [2.75, 3.05) is 20.2 Å². The van der Waals surface area contributed by atoms with Crippen molar-refractivity contribution in [2.45, 2.75) is 25.8 Å². The summed E-state index contributed by atoms with van der Waals surface area (Å²) in [6, 6.07) is 11.2. The van der Waals surface area contributed by atoms with Crippen LogP contribution in [0, 0.1) is 0 Å². The molecule has 3 heterocycles. The van der Waals surface area contributed by atoms with Crippen LogP contribution in [0.25, 0.3) is 10.2 Å². The number of ether oxygens (including phenoxy) is 1. The molecule has 124 valence electrons. The number of rotatable bonds is 3. The zero-order chi connectivity index (χ0) is 16.5. The summed E-state index contributed by atoms with van der Waals surface area (Å²) in [6.07, 6.45) is 2.01. The van der Waals surface area contributed by atoms with Gasteiger partial charge in [-0.2, -0.15) is 0 Å². The molecular weight excluding hydrogens is 318 g/mol. The molecule has 4 rings (SSSR count). The minimum atomic E-state index is 0.382. The van der Waals surface area contributed by atoms with Crippen molar-refractivity contribution in [2.24, 2.45) is 0 Å². The van der Waals surface area contributed by atoms with E-state index in [1.54, 1.807) is 18.4 Å². The third-order valence-corrected chi connectivity index (χ3v) is 5.75. The number of thiazole rings is 1. The largest absolute Gasteiger partial charge is 0.481 e. The van der Waals surface area contributed by atoms with Crippen molar-refractivity contribution in [3.05, 3.63) is 52.7 Å². The fourth-order valence-corrected chi connectivity index (χ4v) is 4.08. The third-order valence-electron chi connectivity index (χ3n) is 4.94. The lowest BCUT2D eigenvalue weighted by molar-refractivity contribution is 0.221. The Labute approximate surface area is 146 Å². The summed E-state index contributed by atoms with van der Waals surface area (Å²) in [6.45, 7) is 4.36. The molecule has 0 saturated heterocycles. The Bertz CT molecular complexity index is 861. The van der Waals surface area contributed by atoms with Crippen molar-refractivity contribution in [3.8, 4) is 5.88 Å². The molecule has 1 atom stereocenters. The molecule has 0 saturated carbocycles. The minimum absolute atomic E-state index is 0.382. The molecule has 2 aromatic heterocycles. The zero-order valence-corrected chi connectivity index (χ0v) is 14.8. The molecule has 1 aliphatic rings. The Morgan fingerprint density at radius 1 is 1.17 bits per heavy atom. The summed E-state index contributed by atoms with van der Waals surface area (Å²) in [5.41, 5.74) is 6.89. The summed E-state index contributed by atoms with van der Waals surface area (Å²) in [7, 11) is 1.68. The first kappa shape index (κ1) is 15.5. The van der Waals surface area contributed by atoms with Gasteiger partial charge in [0, 0.05) is 37.3 Å². The maximum absolute atomic E-state index is 5.27. The van der Waals surface area contributed by atoms with Crippen LogP contribution in [0.5, 0.6) is 5.88 Å². The van der Waals surface area contributed by atoms with Crippen LogP contribution >= 0.6 is 11.3 Å². The normalized spacial score (nSPS) is 16.6. The first-order valence-corrected chi connectivity index (χ1v) is 9.22. The molecule has 5 heteroatoms. The Kier molecular flexibility index (Phi) is 4.21. The van der Waals surface area contributed by atoms with Gasteiger partial charge in [0.1, 0.15) is 0 Å². The maximum Gasteiger partial charge on any atom is 0.213 e. The first-order chi connectivity index (χ1) is 11.7. The molecule has 0 amide bonds. The summed E-state index contributed by atoms with van der Waals surface area (Å²) in [5, 5.41) is 0. The molecule has 0 bridgehead atoms. The average molecular weight is 339 g/mol. The molecule has 0 N–H and O–H groups in total. The number of benzene rings is 1. The van der Waals surface area contributed by atoms with Crippen molar-refractivity contribution in [1.29, 1.82) is 0 Å². The topological polar surface area (TPSA) is 38.2 Å². The number of methoxy groups -OCH3 is 1. The third kappa shape index (κ3) is 2.89. The molecule has 0 unspecified atom stereocenters. The fraction of sp³-hybridized carbons (Fsp3) is 0.368. The highest BCUT2D eigenvalue weighted by Gasteiger charge is 2.21.